The summed E-state index contributed by atoms with van der Waals surface area (Å²) in [4.78, 5) is 0. The average molecular weight is 242 g/mol. The molecule has 1 heterocycles. The van der Waals surface area contributed by atoms with Gasteiger partial charge in [0.25, 0.3) is 0 Å². The summed E-state index contributed by atoms with van der Waals surface area (Å²) in [7, 11) is 0. The van der Waals surface area contributed by atoms with Gasteiger partial charge >= 0.3 is 0 Å². The molecule has 80 valence electrons. The van der Waals surface area contributed by atoms with Crippen molar-refractivity contribution in [2.75, 3.05) is 5.32 Å². The van der Waals surface area contributed by atoms with E-state index < -0.39 is 0 Å². The second-order valence-corrected chi connectivity index (χ2v) is 5.33. The van der Waals surface area contributed by atoms with Gasteiger partial charge in [-0.3, -0.25) is 0 Å². The first-order valence-corrected chi connectivity index (χ1v) is 5.62. The second kappa shape index (κ2) is 3.43. The normalized spacial score (nSPS) is 17.8. The standard InChI is InChI=1S/C12H13Cl2N/c1-7-6-12(2,3)15-11-9(7)4-8(13)5-10(11)14/h4-6,15H,1-3H3. The largest absolute Gasteiger partial charge is 0.375 e. The van der Waals surface area contributed by atoms with Crippen molar-refractivity contribution >= 4 is 34.5 Å². The van der Waals surface area contributed by atoms with Crippen LogP contribution in [0.3, 0.4) is 0 Å². The highest BCUT2D eigenvalue weighted by atomic mass is 35.5. The van der Waals surface area contributed by atoms with Crippen LogP contribution in [0.2, 0.25) is 10.0 Å². The number of allylic oxidation sites excluding steroid dienone is 1. The molecule has 0 bridgehead atoms. The zero-order chi connectivity index (χ0) is 11.2. The van der Waals surface area contributed by atoms with Crippen LogP contribution in [-0.4, -0.2) is 5.54 Å². The van der Waals surface area contributed by atoms with E-state index in [0.717, 1.165) is 11.3 Å². The summed E-state index contributed by atoms with van der Waals surface area (Å²) in [5.41, 5.74) is 3.21. The third-order valence-electron chi connectivity index (χ3n) is 2.50. The molecule has 0 atom stereocenters. The van der Waals surface area contributed by atoms with E-state index in [0.29, 0.717) is 10.0 Å². The van der Waals surface area contributed by atoms with Crippen LogP contribution in [0.25, 0.3) is 5.57 Å². The molecule has 0 amide bonds. The van der Waals surface area contributed by atoms with E-state index >= 15 is 0 Å². The van der Waals surface area contributed by atoms with Crippen molar-refractivity contribution in [2.24, 2.45) is 0 Å². The van der Waals surface area contributed by atoms with E-state index in [9.17, 15) is 0 Å². The van der Waals surface area contributed by atoms with Gasteiger partial charge in [0, 0.05) is 10.6 Å². The van der Waals surface area contributed by atoms with Crippen LogP contribution < -0.4 is 5.32 Å². The highest BCUT2D eigenvalue weighted by Gasteiger charge is 2.24. The molecule has 1 aliphatic rings. The Morgan fingerprint density at radius 1 is 1.20 bits per heavy atom. The van der Waals surface area contributed by atoms with Gasteiger partial charge in [-0.25, -0.2) is 0 Å². The molecule has 1 aliphatic heterocycles. The molecule has 1 aromatic rings. The first kappa shape index (κ1) is 10.8. The maximum atomic E-state index is 6.17. The van der Waals surface area contributed by atoms with Crippen molar-refractivity contribution in [2.45, 2.75) is 26.3 Å². The van der Waals surface area contributed by atoms with Gasteiger partial charge in [0.05, 0.1) is 16.2 Å². The van der Waals surface area contributed by atoms with Gasteiger partial charge in [0.2, 0.25) is 0 Å². The molecule has 2 rings (SSSR count). The predicted octanol–water partition coefficient (Wildman–Crippen LogP) is 4.60. The molecule has 1 N–H and O–H groups in total. The summed E-state index contributed by atoms with van der Waals surface area (Å²) in [5.74, 6) is 0. The predicted molar refractivity (Wildman–Crippen MR) is 67.8 cm³/mol. The summed E-state index contributed by atoms with van der Waals surface area (Å²) in [6.45, 7) is 6.31. The van der Waals surface area contributed by atoms with Crippen molar-refractivity contribution < 1.29 is 0 Å². The molecule has 1 aromatic carbocycles. The molecule has 0 fully saturated rings. The fraction of sp³-hybridized carbons (Fsp3) is 0.333. The number of rotatable bonds is 0. The lowest BCUT2D eigenvalue weighted by atomic mass is 9.91. The molecule has 0 unspecified atom stereocenters. The van der Waals surface area contributed by atoms with Crippen LogP contribution in [0, 0.1) is 0 Å². The number of anilines is 1. The molecule has 15 heavy (non-hydrogen) atoms. The van der Waals surface area contributed by atoms with Crippen LogP contribution in [-0.2, 0) is 0 Å². The molecule has 0 saturated carbocycles. The third kappa shape index (κ3) is 1.99. The third-order valence-corrected chi connectivity index (χ3v) is 3.02. The van der Waals surface area contributed by atoms with Gasteiger partial charge in [0.1, 0.15) is 0 Å². The summed E-state index contributed by atoms with van der Waals surface area (Å²) >= 11 is 12.1. The first-order chi connectivity index (χ1) is 6.89. The molecular weight excluding hydrogens is 229 g/mol. The van der Waals surface area contributed by atoms with Crippen LogP contribution >= 0.6 is 23.2 Å². The minimum Gasteiger partial charge on any atom is -0.375 e. The fourth-order valence-corrected chi connectivity index (χ4v) is 2.53. The summed E-state index contributed by atoms with van der Waals surface area (Å²) < 4.78 is 0. The average Bonchev–Trinajstić information content (AvgIpc) is 2.06. The van der Waals surface area contributed by atoms with Crippen molar-refractivity contribution in [1.82, 2.24) is 0 Å². The van der Waals surface area contributed by atoms with Crippen LogP contribution in [0.5, 0.6) is 0 Å². The quantitative estimate of drug-likeness (QED) is 0.700. The number of halogens is 2. The smallest absolute Gasteiger partial charge is 0.0658 e. The Morgan fingerprint density at radius 2 is 1.87 bits per heavy atom. The van der Waals surface area contributed by atoms with Crippen LogP contribution in [0.15, 0.2) is 18.2 Å². The zero-order valence-corrected chi connectivity index (χ0v) is 10.5. The molecule has 0 radical (unpaired) electrons. The monoisotopic (exact) mass is 241 g/mol. The Hall–Kier alpha value is -0.660. The molecule has 0 aliphatic carbocycles. The van der Waals surface area contributed by atoms with Crippen molar-refractivity contribution in [3.63, 3.8) is 0 Å². The zero-order valence-electron chi connectivity index (χ0n) is 8.99. The minimum atomic E-state index is -0.0610. The van der Waals surface area contributed by atoms with Gasteiger partial charge in [0.15, 0.2) is 0 Å². The van der Waals surface area contributed by atoms with Crippen molar-refractivity contribution in [1.29, 1.82) is 0 Å². The molecule has 0 saturated heterocycles. The lowest BCUT2D eigenvalue weighted by Crippen LogP contribution is -2.31. The van der Waals surface area contributed by atoms with Crippen molar-refractivity contribution in [3.05, 3.63) is 33.8 Å². The van der Waals surface area contributed by atoms with E-state index in [1.54, 1.807) is 6.07 Å². The lowest BCUT2D eigenvalue weighted by molar-refractivity contribution is 0.707. The highest BCUT2D eigenvalue weighted by Crippen LogP contribution is 2.39. The second-order valence-electron chi connectivity index (χ2n) is 4.48. The Morgan fingerprint density at radius 3 is 2.53 bits per heavy atom. The maximum Gasteiger partial charge on any atom is 0.0658 e. The fourth-order valence-electron chi connectivity index (χ4n) is 1.99. The summed E-state index contributed by atoms with van der Waals surface area (Å²) in [6.07, 6.45) is 2.18. The van der Waals surface area contributed by atoms with Crippen LogP contribution in [0.4, 0.5) is 5.69 Å². The Kier molecular flexibility index (Phi) is 2.48. The Labute approximate surface area is 100 Å². The van der Waals surface area contributed by atoms with Gasteiger partial charge in [-0.1, -0.05) is 29.3 Å². The first-order valence-electron chi connectivity index (χ1n) is 4.86. The minimum absolute atomic E-state index is 0.0610. The van der Waals surface area contributed by atoms with Gasteiger partial charge in [-0.15, -0.1) is 0 Å². The number of benzene rings is 1. The lowest BCUT2D eigenvalue weighted by Gasteiger charge is -2.32. The SMILES string of the molecule is CC1=CC(C)(C)Nc2c(Cl)cc(Cl)cc21. The van der Waals surface area contributed by atoms with Crippen LogP contribution in [0.1, 0.15) is 26.3 Å². The Balaban J connectivity index is 2.65. The highest BCUT2D eigenvalue weighted by molar-refractivity contribution is 6.37. The van der Waals surface area contributed by atoms with Gasteiger partial charge < -0.3 is 5.32 Å². The van der Waals surface area contributed by atoms with Crippen molar-refractivity contribution in [3.8, 4) is 0 Å². The molecular formula is C12H13Cl2N. The van der Waals surface area contributed by atoms with E-state index in [-0.39, 0.29) is 5.54 Å². The number of fused-ring (bicyclic) bond motifs is 1. The molecule has 0 aromatic heterocycles. The molecule has 3 heteroatoms. The van der Waals surface area contributed by atoms with Gasteiger partial charge in [-0.05, 0) is 38.5 Å². The van der Waals surface area contributed by atoms with E-state index in [4.69, 9.17) is 23.2 Å². The summed E-state index contributed by atoms with van der Waals surface area (Å²) in [6, 6.07) is 3.71. The van der Waals surface area contributed by atoms with E-state index in [1.807, 2.05) is 6.07 Å². The maximum absolute atomic E-state index is 6.17. The van der Waals surface area contributed by atoms with Gasteiger partial charge in [-0.2, -0.15) is 0 Å². The summed E-state index contributed by atoms with van der Waals surface area (Å²) in [5, 5.41) is 4.75. The topological polar surface area (TPSA) is 12.0 Å². The molecule has 1 nitrogen and oxygen atoms in total. The van der Waals surface area contributed by atoms with E-state index in [2.05, 4.69) is 32.2 Å². The number of nitrogens with one attached hydrogen (secondary N) is 1. The molecule has 0 spiro atoms. The number of hydrogen-bond acceptors (Lipinski definition) is 1. The Bertz CT molecular complexity index is 447. The number of hydrogen-bond donors (Lipinski definition) is 1. The van der Waals surface area contributed by atoms with E-state index in [1.165, 1.54) is 5.57 Å².